The average molecular weight is 411 g/mol. The topological polar surface area (TPSA) is 50.7 Å². The van der Waals surface area contributed by atoms with Crippen LogP contribution in [0.1, 0.15) is 30.9 Å². The highest BCUT2D eigenvalue weighted by atomic mass is 32.2. The Labute approximate surface area is 178 Å². The molecule has 1 aliphatic heterocycles. The third kappa shape index (κ3) is 7.94. The predicted octanol–water partition coefficient (Wildman–Crippen LogP) is 5.13. The van der Waals surface area contributed by atoms with Crippen LogP contribution in [-0.2, 0) is 17.6 Å². The number of nitrogens with one attached hydrogen (secondary N) is 1. The maximum atomic E-state index is 12.4. The van der Waals surface area contributed by atoms with E-state index in [9.17, 15) is 4.79 Å². The van der Waals surface area contributed by atoms with Crippen molar-refractivity contribution in [2.24, 2.45) is 10.9 Å². The largest absolute Gasteiger partial charge is 0.448 e. The smallest absolute Gasteiger partial charge is 0.407 e. The van der Waals surface area contributed by atoms with Crippen molar-refractivity contribution in [3.05, 3.63) is 71.8 Å². The fourth-order valence-corrected chi connectivity index (χ4v) is 4.19. The van der Waals surface area contributed by atoms with Crippen molar-refractivity contribution in [1.82, 2.24) is 5.32 Å². The molecular weight excluding hydrogens is 380 g/mol. The first-order chi connectivity index (χ1) is 14.2. The number of carbonyl (C=O) groups excluding carboxylic acids is 1. The number of alkyl carbamates (subject to hydrolysis) is 1. The van der Waals surface area contributed by atoms with E-state index in [0.29, 0.717) is 12.5 Å². The molecule has 3 atom stereocenters. The van der Waals surface area contributed by atoms with E-state index in [1.165, 1.54) is 11.1 Å². The maximum Gasteiger partial charge on any atom is 0.407 e. The van der Waals surface area contributed by atoms with E-state index in [1.807, 2.05) is 23.7 Å². The van der Waals surface area contributed by atoms with Gasteiger partial charge in [0, 0.05) is 6.04 Å². The van der Waals surface area contributed by atoms with Gasteiger partial charge >= 0.3 is 6.09 Å². The molecule has 29 heavy (non-hydrogen) atoms. The van der Waals surface area contributed by atoms with Gasteiger partial charge in [-0.2, -0.15) is 0 Å². The van der Waals surface area contributed by atoms with Crippen LogP contribution in [0.4, 0.5) is 4.79 Å². The molecule has 0 bridgehead atoms. The van der Waals surface area contributed by atoms with Crippen molar-refractivity contribution >= 4 is 23.4 Å². The highest BCUT2D eigenvalue weighted by molar-refractivity contribution is 8.12. The lowest BCUT2D eigenvalue weighted by Gasteiger charge is -2.21. The summed E-state index contributed by atoms with van der Waals surface area (Å²) in [6.45, 7) is 3.41. The van der Waals surface area contributed by atoms with Crippen LogP contribution in [0.2, 0.25) is 0 Å². The highest BCUT2D eigenvalue weighted by Gasteiger charge is 2.18. The Balaban J connectivity index is 1.50. The number of aliphatic imine (C=N–C) groups is 1. The minimum Gasteiger partial charge on any atom is -0.448 e. The Bertz CT molecular complexity index is 759. The van der Waals surface area contributed by atoms with Crippen LogP contribution < -0.4 is 5.32 Å². The van der Waals surface area contributed by atoms with Crippen LogP contribution in [-0.4, -0.2) is 36.1 Å². The molecule has 0 aliphatic carbocycles. The van der Waals surface area contributed by atoms with Crippen molar-refractivity contribution in [2.75, 3.05) is 13.2 Å². The Kier molecular flexibility index (Phi) is 8.62. The molecular formula is C24H30N2O2S. The van der Waals surface area contributed by atoms with E-state index < -0.39 is 0 Å². The van der Waals surface area contributed by atoms with E-state index in [4.69, 9.17) is 4.74 Å². The van der Waals surface area contributed by atoms with E-state index in [-0.39, 0.29) is 17.4 Å². The molecule has 0 saturated heterocycles. The molecule has 0 spiro atoms. The summed E-state index contributed by atoms with van der Waals surface area (Å²) < 4.78 is 5.45. The van der Waals surface area contributed by atoms with E-state index >= 15 is 0 Å². The van der Waals surface area contributed by atoms with Gasteiger partial charge in [0.05, 0.1) is 17.3 Å². The first-order valence-corrected chi connectivity index (χ1v) is 11.3. The molecule has 3 unspecified atom stereocenters. The van der Waals surface area contributed by atoms with Gasteiger partial charge in [0.15, 0.2) is 0 Å². The van der Waals surface area contributed by atoms with Gasteiger partial charge in [0.1, 0.15) is 6.61 Å². The maximum absolute atomic E-state index is 12.4. The zero-order valence-electron chi connectivity index (χ0n) is 17.0. The number of ether oxygens (including phenoxy) is 1. The Morgan fingerprint density at radius 3 is 2.34 bits per heavy atom. The second-order valence-corrected chi connectivity index (χ2v) is 8.88. The van der Waals surface area contributed by atoms with E-state index in [2.05, 4.69) is 59.7 Å². The summed E-state index contributed by atoms with van der Waals surface area (Å²) in [6.07, 6.45) is 3.53. The zero-order chi connectivity index (χ0) is 20.3. The van der Waals surface area contributed by atoms with Gasteiger partial charge in [-0.25, -0.2) is 4.79 Å². The summed E-state index contributed by atoms with van der Waals surface area (Å²) in [4.78, 5) is 16.5. The fourth-order valence-electron chi connectivity index (χ4n) is 3.53. The molecule has 154 valence electrons. The predicted molar refractivity (Wildman–Crippen MR) is 122 cm³/mol. The standard InChI is InChI=1S/C24H30N2O2S/c1-19(14-20-8-4-2-5-9-20)12-13-22(15-21-10-6-3-7-11-21)26-24(27)28-17-23-16-25-18-29-23/h2-11,18-19,22-23H,12-17H2,1H3,(H,26,27). The molecule has 1 aliphatic rings. The minimum absolute atomic E-state index is 0.0654. The van der Waals surface area contributed by atoms with Gasteiger partial charge < -0.3 is 10.1 Å². The quantitative estimate of drug-likeness (QED) is 0.591. The molecule has 2 aromatic carbocycles. The van der Waals surface area contributed by atoms with Gasteiger partial charge in [-0.1, -0.05) is 67.6 Å². The summed E-state index contributed by atoms with van der Waals surface area (Å²) in [6, 6.07) is 21.0. The number of thioether (sulfide) groups is 1. The molecule has 0 saturated carbocycles. The first kappa shape index (κ1) is 21.4. The Morgan fingerprint density at radius 1 is 1.07 bits per heavy atom. The van der Waals surface area contributed by atoms with Gasteiger partial charge in [-0.15, -0.1) is 11.8 Å². The first-order valence-electron chi connectivity index (χ1n) is 10.3. The van der Waals surface area contributed by atoms with Crippen molar-refractivity contribution < 1.29 is 9.53 Å². The van der Waals surface area contributed by atoms with Gasteiger partial charge in [-0.05, 0) is 42.7 Å². The zero-order valence-corrected chi connectivity index (χ0v) is 17.8. The lowest BCUT2D eigenvalue weighted by atomic mass is 9.93. The van der Waals surface area contributed by atoms with Crippen LogP contribution in [0, 0.1) is 5.92 Å². The number of nitrogens with zero attached hydrogens (tertiary/aromatic N) is 1. The monoisotopic (exact) mass is 410 g/mol. The number of hydrogen-bond donors (Lipinski definition) is 1. The summed E-state index contributed by atoms with van der Waals surface area (Å²) >= 11 is 1.62. The molecule has 0 radical (unpaired) electrons. The summed E-state index contributed by atoms with van der Waals surface area (Å²) in [5, 5.41) is 3.35. The second-order valence-electron chi connectivity index (χ2n) is 7.73. The van der Waals surface area contributed by atoms with Gasteiger partial charge in [-0.3, -0.25) is 4.99 Å². The number of hydrogen-bond acceptors (Lipinski definition) is 4. The molecule has 1 N–H and O–H groups in total. The van der Waals surface area contributed by atoms with Crippen molar-refractivity contribution in [3.8, 4) is 0 Å². The average Bonchev–Trinajstić information content (AvgIpc) is 3.26. The van der Waals surface area contributed by atoms with Crippen molar-refractivity contribution in [1.29, 1.82) is 0 Å². The fraction of sp³-hybridized carbons (Fsp3) is 0.417. The van der Waals surface area contributed by atoms with Crippen molar-refractivity contribution in [3.63, 3.8) is 0 Å². The van der Waals surface area contributed by atoms with Gasteiger partial charge in [0.2, 0.25) is 0 Å². The van der Waals surface area contributed by atoms with Crippen LogP contribution >= 0.6 is 11.8 Å². The normalized spacial score (nSPS) is 17.6. The molecule has 0 fully saturated rings. The number of benzene rings is 2. The van der Waals surface area contributed by atoms with Crippen LogP contribution in [0.3, 0.4) is 0 Å². The van der Waals surface area contributed by atoms with Crippen LogP contribution in [0.25, 0.3) is 0 Å². The Hall–Kier alpha value is -2.27. The number of carbonyl (C=O) groups is 1. The van der Waals surface area contributed by atoms with E-state index in [0.717, 1.165) is 32.2 Å². The van der Waals surface area contributed by atoms with Gasteiger partial charge in [0.25, 0.3) is 0 Å². The summed E-state index contributed by atoms with van der Waals surface area (Å²) in [5.41, 5.74) is 4.43. The lowest BCUT2D eigenvalue weighted by Crippen LogP contribution is -2.38. The van der Waals surface area contributed by atoms with Crippen molar-refractivity contribution in [2.45, 2.75) is 43.9 Å². The number of rotatable bonds is 10. The molecule has 0 aromatic heterocycles. The van der Waals surface area contributed by atoms with E-state index in [1.54, 1.807) is 11.8 Å². The molecule has 4 nitrogen and oxygen atoms in total. The highest BCUT2D eigenvalue weighted by Crippen LogP contribution is 2.18. The SMILES string of the molecule is CC(CCC(Cc1ccccc1)NC(=O)OCC1CN=CS1)Cc1ccccc1. The second kappa shape index (κ2) is 11.7. The molecule has 3 rings (SSSR count). The van der Waals surface area contributed by atoms with Crippen LogP contribution in [0.15, 0.2) is 65.7 Å². The molecule has 5 heteroatoms. The summed E-state index contributed by atoms with van der Waals surface area (Å²) in [7, 11) is 0. The third-order valence-corrected chi connectivity index (χ3v) is 6.06. The molecule has 1 amide bonds. The third-order valence-electron chi connectivity index (χ3n) is 5.12. The number of amides is 1. The summed E-state index contributed by atoms with van der Waals surface area (Å²) in [5.74, 6) is 0.556. The van der Waals surface area contributed by atoms with Crippen LogP contribution in [0.5, 0.6) is 0 Å². The molecule has 2 aromatic rings. The lowest BCUT2D eigenvalue weighted by molar-refractivity contribution is 0.142. The minimum atomic E-state index is -0.325. The molecule has 1 heterocycles. The Morgan fingerprint density at radius 2 is 1.72 bits per heavy atom.